The van der Waals surface area contributed by atoms with E-state index in [0.29, 0.717) is 13.2 Å². The molecular weight excluding hydrogens is 508 g/mol. The lowest BCUT2D eigenvalue weighted by Gasteiger charge is -2.13. The molecule has 0 bridgehead atoms. The summed E-state index contributed by atoms with van der Waals surface area (Å²) in [6.45, 7) is 6.86. The van der Waals surface area contributed by atoms with Crippen LogP contribution >= 0.6 is 0 Å². The summed E-state index contributed by atoms with van der Waals surface area (Å²) >= 11 is 0. The topological polar surface area (TPSA) is 24.5 Å². The summed E-state index contributed by atoms with van der Waals surface area (Å²) in [4.78, 5) is 0. The molecule has 4 nitrogen and oxygen atoms in total. The molecule has 6 heteroatoms. The third-order valence-electron chi connectivity index (χ3n) is 5.51. The summed E-state index contributed by atoms with van der Waals surface area (Å²) in [6, 6.07) is 17.3. The number of rotatable bonds is 9. The molecule has 0 unspecified atom stereocenters. The van der Waals surface area contributed by atoms with Gasteiger partial charge in [0, 0.05) is 24.0 Å². The molecule has 0 fully saturated rings. The van der Waals surface area contributed by atoms with E-state index in [9.17, 15) is 0 Å². The maximum atomic E-state index is 5.75. The Bertz CT molecular complexity index is 796. The largest absolute Gasteiger partial charge is 1.00 e. The molecule has 0 amide bonds. The van der Waals surface area contributed by atoms with Crippen molar-refractivity contribution in [1.82, 2.24) is 0 Å². The van der Waals surface area contributed by atoms with Crippen LogP contribution in [0.2, 0.25) is 0 Å². The Morgan fingerprint density at radius 1 is 0.600 bits per heavy atom. The molecule has 0 saturated heterocycles. The molecule has 162 valence electrons. The summed E-state index contributed by atoms with van der Waals surface area (Å²) in [7, 11) is 0. The number of nitrogens with zero attached hydrogens (tertiary/aromatic N) is 2. The summed E-state index contributed by atoms with van der Waals surface area (Å²) in [5.74, 6) is 0. The molecule has 0 aromatic heterocycles. The normalized spacial score (nSPS) is 14.4. The van der Waals surface area contributed by atoms with Crippen molar-refractivity contribution in [3.05, 3.63) is 70.8 Å². The van der Waals surface area contributed by atoms with E-state index >= 15 is 0 Å². The van der Waals surface area contributed by atoms with Crippen molar-refractivity contribution < 1.29 is 52.6 Å². The maximum Gasteiger partial charge on any atom is 0.171 e. The van der Waals surface area contributed by atoms with Gasteiger partial charge in [-0.2, -0.15) is 0 Å². The molecule has 0 saturated carbocycles. The van der Waals surface area contributed by atoms with Crippen LogP contribution in [0.25, 0.3) is 0 Å². The van der Waals surface area contributed by atoms with Gasteiger partial charge in [-0.3, -0.25) is 0 Å². The number of fused-ring (bicyclic) bond motifs is 2. The molecule has 2 aromatic rings. The van der Waals surface area contributed by atoms with E-state index in [1.54, 1.807) is 0 Å². The monoisotopic (exact) mass is 536 g/mol. The zero-order valence-corrected chi connectivity index (χ0v) is 20.5. The van der Waals surface area contributed by atoms with E-state index in [-0.39, 0.29) is 34.0 Å². The van der Waals surface area contributed by atoms with Crippen molar-refractivity contribution in [2.75, 3.05) is 52.6 Å². The predicted octanol–water partition coefficient (Wildman–Crippen LogP) is -3.60. The first kappa shape index (κ1) is 24.9. The summed E-state index contributed by atoms with van der Waals surface area (Å²) < 4.78 is 16.2. The van der Waals surface area contributed by atoms with Gasteiger partial charge in [0.1, 0.15) is 26.3 Å². The average Bonchev–Trinajstić information content (AvgIpc) is 2.75. The van der Waals surface area contributed by atoms with Gasteiger partial charge in [0.15, 0.2) is 25.5 Å². The molecule has 4 rings (SSSR count). The zero-order valence-electron chi connectivity index (χ0n) is 17.3. The standard InChI is InChI=1S/C24H30N2O2.2BrH/c1-3-7-23-19-25(11-9-21(23)5-1)13-15-27-17-18-28-16-14-26-12-10-22-6-2-4-8-24(22)20-26;;/h1-8,19-20H,9-18H2;2*1H/q+2;;/p-2. The zero-order chi connectivity index (χ0) is 19.0. The van der Waals surface area contributed by atoms with Crippen molar-refractivity contribution in [2.24, 2.45) is 0 Å². The molecule has 30 heavy (non-hydrogen) atoms. The molecule has 2 heterocycles. The Morgan fingerprint density at radius 3 is 1.50 bits per heavy atom. The van der Waals surface area contributed by atoms with Crippen molar-refractivity contribution in [3.8, 4) is 0 Å². The van der Waals surface area contributed by atoms with Gasteiger partial charge in [-0.1, -0.05) is 36.4 Å². The first-order valence-corrected chi connectivity index (χ1v) is 10.4. The van der Waals surface area contributed by atoms with E-state index in [1.807, 2.05) is 0 Å². The van der Waals surface area contributed by atoms with Gasteiger partial charge >= 0.3 is 0 Å². The second kappa shape index (κ2) is 13.2. The number of hydrogen-bond donors (Lipinski definition) is 0. The fourth-order valence-corrected chi connectivity index (χ4v) is 3.86. The van der Waals surface area contributed by atoms with E-state index in [2.05, 4.69) is 70.1 Å². The van der Waals surface area contributed by atoms with Crippen LogP contribution in [-0.2, 0) is 22.3 Å². The van der Waals surface area contributed by atoms with Crippen LogP contribution < -0.4 is 34.0 Å². The van der Waals surface area contributed by atoms with Gasteiger partial charge in [0.05, 0.1) is 13.2 Å². The van der Waals surface area contributed by atoms with Crippen LogP contribution in [0.4, 0.5) is 0 Å². The van der Waals surface area contributed by atoms with Crippen molar-refractivity contribution >= 4 is 12.4 Å². The Morgan fingerprint density at radius 2 is 1.03 bits per heavy atom. The highest BCUT2D eigenvalue weighted by Crippen LogP contribution is 2.11. The van der Waals surface area contributed by atoms with E-state index < -0.39 is 0 Å². The fourth-order valence-electron chi connectivity index (χ4n) is 3.86. The lowest BCUT2D eigenvalue weighted by molar-refractivity contribution is -0.527. The smallest absolute Gasteiger partial charge is 0.171 e. The molecule has 2 aliphatic heterocycles. The first-order chi connectivity index (χ1) is 13.9. The molecule has 0 N–H and O–H groups in total. The minimum Gasteiger partial charge on any atom is -1.00 e. The fraction of sp³-hybridized carbons (Fsp3) is 0.417. The predicted molar refractivity (Wildman–Crippen MR) is 112 cm³/mol. The van der Waals surface area contributed by atoms with Gasteiger partial charge < -0.3 is 43.4 Å². The van der Waals surface area contributed by atoms with Crippen LogP contribution in [0.1, 0.15) is 22.3 Å². The SMILES string of the molecule is C1=[N+](CCOCCOCC[N+]2=Cc3ccccc3CC2)CCc2ccccc21.[Br-].[Br-]. The van der Waals surface area contributed by atoms with Gasteiger partial charge in [-0.25, -0.2) is 9.15 Å². The molecule has 2 aromatic carbocycles. The Labute approximate surface area is 200 Å². The number of halogens is 2. The second-order valence-corrected chi connectivity index (χ2v) is 7.45. The lowest BCUT2D eigenvalue weighted by atomic mass is 10.0. The van der Waals surface area contributed by atoms with Crippen LogP contribution in [0.5, 0.6) is 0 Å². The first-order valence-electron chi connectivity index (χ1n) is 10.4. The van der Waals surface area contributed by atoms with Crippen molar-refractivity contribution in [1.29, 1.82) is 0 Å². The Balaban J connectivity index is 0.00000160. The highest BCUT2D eigenvalue weighted by Gasteiger charge is 2.15. The number of hydrogen-bond acceptors (Lipinski definition) is 2. The van der Waals surface area contributed by atoms with Gasteiger partial charge in [-0.15, -0.1) is 0 Å². The quantitative estimate of drug-likeness (QED) is 0.244. The Kier molecular flexibility index (Phi) is 10.9. The second-order valence-electron chi connectivity index (χ2n) is 7.45. The molecule has 0 aliphatic carbocycles. The third-order valence-corrected chi connectivity index (χ3v) is 5.51. The number of benzene rings is 2. The summed E-state index contributed by atoms with van der Waals surface area (Å²) in [6.07, 6.45) is 6.75. The van der Waals surface area contributed by atoms with Gasteiger partial charge in [-0.05, 0) is 23.3 Å². The van der Waals surface area contributed by atoms with Crippen molar-refractivity contribution in [2.45, 2.75) is 12.8 Å². The van der Waals surface area contributed by atoms with E-state index in [0.717, 1.165) is 52.2 Å². The highest BCUT2D eigenvalue weighted by atomic mass is 79.9. The van der Waals surface area contributed by atoms with Gasteiger partial charge in [0.2, 0.25) is 0 Å². The van der Waals surface area contributed by atoms with Crippen LogP contribution in [-0.4, -0.2) is 74.2 Å². The van der Waals surface area contributed by atoms with Crippen LogP contribution in [0.15, 0.2) is 48.5 Å². The van der Waals surface area contributed by atoms with E-state index in [1.165, 1.54) is 22.3 Å². The lowest BCUT2D eigenvalue weighted by Crippen LogP contribution is -3.00. The minimum atomic E-state index is 0. The van der Waals surface area contributed by atoms with Crippen molar-refractivity contribution in [3.63, 3.8) is 0 Å². The summed E-state index contributed by atoms with van der Waals surface area (Å²) in [5, 5.41) is 0. The number of ether oxygens (including phenoxy) is 2. The molecule has 0 atom stereocenters. The average molecular weight is 538 g/mol. The highest BCUT2D eigenvalue weighted by molar-refractivity contribution is 5.79. The molecular formula is C24H30Br2N2O2. The molecule has 0 radical (unpaired) electrons. The van der Waals surface area contributed by atoms with E-state index in [4.69, 9.17) is 9.47 Å². The minimum absolute atomic E-state index is 0. The maximum absolute atomic E-state index is 5.75. The third kappa shape index (κ3) is 7.12. The van der Waals surface area contributed by atoms with Gasteiger partial charge in [0.25, 0.3) is 0 Å². The summed E-state index contributed by atoms with van der Waals surface area (Å²) in [5.41, 5.74) is 5.58. The van der Waals surface area contributed by atoms with Crippen LogP contribution in [0.3, 0.4) is 0 Å². The molecule has 2 aliphatic rings. The van der Waals surface area contributed by atoms with Crippen LogP contribution in [0, 0.1) is 0 Å². The molecule has 0 spiro atoms. The Hall–Kier alpha value is -1.34.